The Balaban J connectivity index is 2.83. The van der Waals surface area contributed by atoms with Gasteiger partial charge in [0.15, 0.2) is 11.3 Å². The summed E-state index contributed by atoms with van der Waals surface area (Å²) in [5.74, 6) is -0.425. The molecule has 0 bridgehead atoms. The summed E-state index contributed by atoms with van der Waals surface area (Å²) in [4.78, 5) is 15.9. The van der Waals surface area contributed by atoms with Gasteiger partial charge in [0.1, 0.15) is 0 Å². The minimum Gasteiger partial charge on any atom is -0.464 e. The van der Waals surface area contributed by atoms with Crippen LogP contribution in [-0.2, 0) is 4.74 Å². The Bertz CT molecular complexity index is 577. The zero-order chi connectivity index (χ0) is 11.9. The van der Waals surface area contributed by atoms with E-state index in [1.54, 1.807) is 6.07 Å². The lowest BCUT2D eigenvalue weighted by atomic mass is 10.3. The Labute approximate surface area is 101 Å². The van der Waals surface area contributed by atoms with Crippen molar-refractivity contribution in [3.05, 3.63) is 27.6 Å². The second kappa shape index (κ2) is 3.86. The number of hydrogen-bond donors (Lipinski definition) is 0. The number of esters is 1. The van der Waals surface area contributed by atoms with Gasteiger partial charge >= 0.3 is 5.97 Å². The number of rotatable bonds is 1. The van der Waals surface area contributed by atoms with Crippen molar-refractivity contribution in [1.82, 2.24) is 14.6 Å². The molecule has 0 N–H and O–H groups in total. The minimum atomic E-state index is -0.425. The highest BCUT2D eigenvalue weighted by molar-refractivity contribution is 9.10. The molecule has 0 saturated heterocycles. The first kappa shape index (κ1) is 11.1. The summed E-state index contributed by atoms with van der Waals surface area (Å²) in [5, 5.41) is 4.23. The fourth-order valence-electron chi connectivity index (χ4n) is 1.47. The Morgan fingerprint density at radius 2 is 2.19 bits per heavy atom. The Morgan fingerprint density at radius 1 is 1.50 bits per heavy atom. The third kappa shape index (κ3) is 1.59. The molecule has 0 aliphatic heterocycles. The van der Waals surface area contributed by atoms with Crippen LogP contribution in [0.4, 0.5) is 0 Å². The molecule has 0 aliphatic rings. The molecule has 5 nitrogen and oxygen atoms in total. The van der Waals surface area contributed by atoms with Gasteiger partial charge in [0, 0.05) is 5.69 Å². The van der Waals surface area contributed by atoms with E-state index >= 15 is 0 Å². The Hall–Kier alpha value is -1.43. The van der Waals surface area contributed by atoms with Crippen LogP contribution < -0.4 is 0 Å². The van der Waals surface area contributed by atoms with Crippen molar-refractivity contribution in [3.8, 4) is 0 Å². The van der Waals surface area contributed by atoms with Crippen LogP contribution in [0.1, 0.15) is 21.9 Å². The topological polar surface area (TPSA) is 56.5 Å². The third-order valence-electron chi connectivity index (χ3n) is 2.22. The molecule has 0 spiro atoms. The highest BCUT2D eigenvalue weighted by atomic mass is 79.9. The van der Waals surface area contributed by atoms with Gasteiger partial charge in [-0.25, -0.2) is 14.3 Å². The molecule has 2 heterocycles. The van der Waals surface area contributed by atoms with Crippen LogP contribution in [-0.4, -0.2) is 27.7 Å². The second-order valence-corrected chi connectivity index (χ2v) is 4.20. The number of aromatic nitrogens is 3. The van der Waals surface area contributed by atoms with Gasteiger partial charge in [-0.2, -0.15) is 5.10 Å². The van der Waals surface area contributed by atoms with Gasteiger partial charge in [-0.1, -0.05) is 0 Å². The number of carbonyl (C=O) groups is 1. The van der Waals surface area contributed by atoms with Crippen LogP contribution in [0.25, 0.3) is 5.65 Å². The van der Waals surface area contributed by atoms with Gasteiger partial charge < -0.3 is 4.74 Å². The van der Waals surface area contributed by atoms with Gasteiger partial charge in [-0.15, -0.1) is 0 Å². The number of hydrogen-bond acceptors (Lipinski definition) is 4. The molecule has 0 radical (unpaired) electrons. The van der Waals surface area contributed by atoms with Crippen molar-refractivity contribution in [2.45, 2.75) is 13.8 Å². The number of methoxy groups -OCH3 is 1. The van der Waals surface area contributed by atoms with Crippen LogP contribution in [0, 0.1) is 13.8 Å². The van der Waals surface area contributed by atoms with Crippen LogP contribution >= 0.6 is 15.9 Å². The molecule has 2 aromatic heterocycles. The lowest BCUT2D eigenvalue weighted by Gasteiger charge is -2.03. The van der Waals surface area contributed by atoms with E-state index in [4.69, 9.17) is 4.74 Å². The molecule has 16 heavy (non-hydrogen) atoms. The van der Waals surface area contributed by atoms with E-state index in [0.717, 1.165) is 15.9 Å². The zero-order valence-corrected chi connectivity index (χ0v) is 10.7. The highest BCUT2D eigenvalue weighted by Crippen LogP contribution is 2.22. The average Bonchev–Trinajstić information content (AvgIpc) is 2.54. The molecule has 2 rings (SSSR count). The summed E-state index contributed by atoms with van der Waals surface area (Å²) < 4.78 is 6.98. The molecule has 0 amide bonds. The number of carbonyl (C=O) groups excluding carboxylic acids is 1. The monoisotopic (exact) mass is 283 g/mol. The van der Waals surface area contributed by atoms with Gasteiger partial charge in [0.2, 0.25) is 0 Å². The van der Waals surface area contributed by atoms with Crippen LogP contribution in [0.3, 0.4) is 0 Å². The largest absolute Gasteiger partial charge is 0.464 e. The van der Waals surface area contributed by atoms with Crippen molar-refractivity contribution in [1.29, 1.82) is 0 Å². The summed E-state index contributed by atoms with van der Waals surface area (Å²) >= 11 is 3.39. The summed E-state index contributed by atoms with van der Waals surface area (Å²) in [6.07, 6.45) is 0. The van der Waals surface area contributed by atoms with Crippen LogP contribution in [0.2, 0.25) is 0 Å². The van der Waals surface area contributed by atoms with Gasteiger partial charge in [-0.05, 0) is 35.8 Å². The molecule has 84 valence electrons. The number of halogens is 1. The molecular formula is C10H10BrN3O2. The molecule has 0 unspecified atom stereocenters. The summed E-state index contributed by atoms with van der Waals surface area (Å²) in [5.41, 5.74) is 2.52. The summed E-state index contributed by atoms with van der Waals surface area (Å²) in [6, 6.07) is 1.65. The lowest BCUT2D eigenvalue weighted by molar-refractivity contribution is 0.0590. The Morgan fingerprint density at radius 3 is 2.81 bits per heavy atom. The first-order valence-corrected chi connectivity index (χ1v) is 5.44. The number of aryl methyl sites for hydroxylation is 2. The van der Waals surface area contributed by atoms with E-state index < -0.39 is 5.97 Å². The fourth-order valence-corrected chi connectivity index (χ4v) is 1.80. The first-order chi connectivity index (χ1) is 7.54. The maximum absolute atomic E-state index is 11.6. The maximum atomic E-state index is 11.6. The molecule has 0 aliphatic carbocycles. The third-order valence-corrected chi connectivity index (χ3v) is 3.14. The van der Waals surface area contributed by atoms with E-state index in [0.29, 0.717) is 11.3 Å². The molecular weight excluding hydrogens is 274 g/mol. The lowest BCUT2D eigenvalue weighted by Crippen LogP contribution is -2.10. The van der Waals surface area contributed by atoms with Crippen molar-refractivity contribution in [3.63, 3.8) is 0 Å². The smallest absolute Gasteiger partial charge is 0.356 e. The SMILES string of the molecule is COC(=O)c1cc(C)nc2c(Br)c(C)nn12. The van der Waals surface area contributed by atoms with Gasteiger partial charge in [-0.3, -0.25) is 0 Å². The molecule has 0 atom stereocenters. The quantitative estimate of drug-likeness (QED) is 0.750. The predicted octanol–water partition coefficient (Wildman–Crippen LogP) is 1.90. The van der Waals surface area contributed by atoms with E-state index in [9.17, 15) is 4.79 Å². The Kier molecular flexibility index (Phi) is 2.67. The number of nitrogens with zero attached hydrogens (tertiary/aromatic N) is 3. The fraction of sp³-hybridized carbons (Fsp3) is 0.300. The van der Waals surface area contributed by atoms with Crippen molar-refractivity contribution >= 4 is 27.5 Å². The first-order valence-electron chi connectivity index (χ1n) is 4.65. The molecule has 0 fully saturated rings. The normalized spacial score (nSPS) is 10.8. The number of fused-ring (bicyclic) bond motifs is 1. The second-order valence-electron chi connectivity index (χ2n) is 3.41. The van der Waals surface area contributed by atoms with Crippen molar-refractivity contribution in [2.75, 3.05) is 7.11 Å². The predicted molar refractivity (Wildman–Crippen MR) is 61.5 cm³/mol. The summed E-state index contributed by atoms with van der Waals surface area (Å²) in [6.45, 7) is 3.66. The van der Waals surface area contributed by atoms with Crippen molar-refractivity contribution in [2.24, 2.45) is 0 Å². The van der Waals surface area contributed by atoms with E-state index in [2.05, 4.69) is 26.0 Å². The molecule has 0 aromatic carbocycles. The minimum absolute atomic E-state index is 0.374. The van der Waals surface area contributed by atoms with E-state index in [-0.39, 0.29) is 0 Å². The van der Waals surface area contributed by atoms with Gasteiger partial charge in [0.05, 0.1) is 17.3 Å². The zero-order valence-electron chi connectivity index (χ0n) is 9.11. The van der Waals surface area contributed by atoms with Crippen LogP contribution in [0.15, 0.2) is 10.5 Å². The van der Waals surface area contributed by atoms with Gasteiger partial charge in [0.25, 0.3) is 0 Å². The number of ether oxygens (including phenoxy) is 1. The maximum Gasteiger partial charge on any atom is 0.356 e. The van der Waals surface area contributed by atoms with E-state index in [1.165, 1.54) is 11.6 Å². The van der Waals surface area contributed by atoms with Crippen molar-refractivity contribution < 1.29 is 9.53 Å². The van der Waals surface area contributed by atoms with Crippen LogP contribution in [0.5, 0.6) is 0 Å². The molecule has 0 saturated carbocycles. The average molecular weight is 284 g/mol. The molecule has 6 heteroatoms. The standard InChI is InChI=1S/C10H10BrN3O2/c1-5-4-7(10(15)16-3)14-9(12-5)8(11)6(2)13-14/h4H,1-3H3. The summed E-state index contributed by atoms with van der Waals surface area (Å²) in [7, 11) is 1.34. The molecule has 2 aromatic rings. The highest BCUT2D eigenvalue weighted by Gasteiger charge is 2.16. The van der Waals surface area contributed by atoms with E-state index in [1.807, 2.05) is 13.8 Å².